The van der Waals surface area contributed by atoms with E-state index < -0.39 is 23.7 Å². The molecular formula is C17H20BrNO4. The summed E-state index contributed by atoms with van der Waals surface area (Å²) in [6.07, 6.45) is -0.500. The predicted molar refractivity (Wildman–Crippen MR) is 91.0 cm³/mol. The SMILES string of the molecule is CC(C)(C)OC(=O)NC(C#Cc1cccc(Br)c1)CCC(=O)O. The van der Waals surface area contributed by atoms with Crippen LogP contribution in [0.3, 0.4) is 0 Å². The van der Waals surface area contributed by atoms with Crippen molar-refractivity contribution >= 4 is 28.0 Å². The number of aliphatic carboxylic acids is 1. The highest BCUT2D eigenvalue weighted by molar-refractivity contribution is 9.10. The van der Waals surface area contributed by atoms with Crippen molar-refractivity contribution in [1.82, 2.24) is 5.32 Å². The van der Waals surface area contributed by atoms with E-state index in [0.717, 1.165) is 10.0 Å². The zero-order chi connectivity index (χ0) is 17.5. The second kappa shape index (κ2) is 8.59. The van der Waals surface area contributed by atoms with Gasteiger partial charge >= 0.3 is 12.1 Å². The van der Waals surface area contributed by atoms with Gasteiger partial charge < -0.3 is 15.2 Å². The minimum absolute atomic E-state index is 0.0897. The number of hydrogen-bond acceptors (Lipinski definition) is 3. The molecule has 0 aliphatic rings. The van der Waals surface area contributed by atoms with E-state index in [-0.39, 0.29) is 12.8 Å². The number of hydrogen-bond donors (Lipinski definition) is 2. The first-order valence-corrected chi connectivity index (χ1v) is 7.93. The van der Waals surface area contributed by atoms with Crippen LogP contribution in [0.4, 0.5) is 4.79 Å². The van der Waals surface area contributed by atoms with Crippen LogP contribution in [0.1, 0.15) is 39.2 Å². The van der Waals surface area contributed by atoms with E-state index in [1.165, 1.54) is 0 Å². The number of carboxylic acid groups (broad SMARTS) is 1. The van der Waals surface area contributed by atoms with Crippen LogP contribution < -0.4 is 5.32 Å². The smallest absolute Gasteiger partial charge is 0.408 e. The van der Waals surface area contributed by atoms with Gasteiger partial charge in [-0.25, -0.2) is 4.79 Å². The Morgan fingerprint density at radius 1 is 1.39 bits per heavy atom. The summed E-state index contributed by atoms with van der Waals surface area (Å²) in [5.41, 5.74) is 0.143. The van der Waals surface area contributed by atoms with Gasteiger partial charge in [-0.2, -0.15) is 0 Å². The number of amides is 1. The zero-order valence-electron chi connectivity index (χ0n) is 13.4. The molecule has 0 fully saturated rings. The molecule has 1 atom stereocenters. The number of carbonyl (C=O) groups excluding carboxylic acids is 1. The van der Waals surface area contributed by atoms with Crippen LogP contribution in [-0.4, -0.2) is 28.8 Å². The molecular weight excluding hydrogens is 362 g/mol. The molecule has 1 amide bonds. The fourth-order valence-electron chi connectivity index (χ4n) is 1.63. The molecule has 0 aliphatic carbocycles. The fourth-order valence-corrected chi connectivity index (χ4v) is 2.03. The molecule has 0 heterocycles. The Morgan fingerprint density at radius 2 is 2.09 bits per heavy atom. The molecule has 1 aromatic rings. The number of carboxylic acids is 1. The Morgan fingerprint density at radius 3 is 2.65 bits per heavy atom. The van der Waals surface area contributed by atoms with Gasteiger partial charge in [0.15, 0.2) is 0 Å². The second-order valence-corrected chi connectivity index (χ2v) is 6.83. The van der Waals surface area contributed by atoms with Gasteiger partial charge in [0.05, 0.1) is 6.04 Å². The third kappa shape index (κ3) is 8.89. The molecule has 6 heteroatoms. The summed E-state index contributed by atoms with van der Waals surface area (Å²) in [4.78, 5) is 22.6. The van der Waals surface area contributed by atoms with Crippen molar-refractivity contribution in [2.75, 3.05) is 0 Å². The molecule has 1 aromatic carbocycles. The van der Waals surface area contributed by atoms with Crippen molar-refractivity contribution in [2.45, 2.75) is 45.3 Å². The Hall–Kier alpha value is -2.00. The summed E-state index contributed by atoms with van der Waals surface area (Å²) in [5.74, 6) is 4.88. The minimum Gasteiger partial charge on any atom is -0.481 e. The van der Waals surface area contributed by atoms with Crippen LogP contribution in [0.25, 0.3) is 0 Å². The number of benzene rings is 1. The molecule has 0 radical (unpaired) electrons. The van der Waals surface area contributed by atoms with E-state index >= 15 is 0 Å². The maximum absolute atomic E-state index is 11.8. The molecule has 0 saturated carbocycles. The molecule has 0 saturated heterocycles. The molecule has 124 valence electrons. The van der Waals surface area contributed by atoms with E-state index in [0.29, 0.717) is 0 Å². The summed E-state index contributed by atoms with van der Waals surface area (Å²) in [6.45, 7) is 5.27. The van der Waals surface area contributed by atoms with Gasteiger partial charge in [-0.1, -0.05) is 33.8 Å². The van der Waals surface area contributed by atoms with Crippen LogP contribution in [0, 0.1) is 11.8 Å². The van der Waals surface area contributed by atoms with E-state index in [2.05, 4.69) is 33.1 Å². The lowest BCUT2D eigenvalue weighted by Gasteiger charge is -2.21. The minimum atomic E-state index is -0.940. The molecule has 1 unspecified atom stereocenters. The van der Waals surface area contributed by atoms with Gasteiger partial charge in [0.1, 0.15) is 5.60 Å². The van der Waals surface area contributed by atoms with Crippen molar-refractivity contribution in [3.63, 3.8) is 0 Å². The topological polar surface area (TPSA) is 75.6 Å². The monoisotopic (exact) mass is 381 g/mol. The first kappa shape index (κ1) is 19.0. The average molecular weight is 382 g/mol. The quantitative estimate of drug-likeness (QED) is 0.781. The molecule has 0 aliphatic heterocycles. The van der Waals surface area contributed by atoms with Crippen molar-refractivity contribution in [2.24, 2.45) is 0 Å². The molecule has 1 rings (SSSR count). The highest BCUT2D eigenvalue weighted by atomic mass is 79.9. The number of rotatable bonds is 4. The van der Waals surface area contributed by atoms with Gasteiger partial charge in [-0.3, -0.25) is 4.79 Å². The first-order chi connectivity index (χ1) is 10.7. The lowest BCUT2D eigenvalue weighted by molar-refractivity contribution is -0.137. The maximum atomic E-state index is 11.8. The molecule has 5 nitrogen and oxygen atoms in total. The number of ether oxygens (including phenoxy) is 1. The average Bonchev–Trinajstić information content (AvgIpc) is 2.39. The summed E-state index contributed by atoms with van der Waals surface area (Å²) in [7, 11) is 0. The lowest BCUT2D eigenvalue weighted by atomic mass is 10.1. The van der Waals surface area contributed by atoms with E-state index in [1.807, 2.05) is 24.3 Å². The van der Waals surface area contributed by atoms with Crippen molar-refractivity contribution < 1.29 is 19.4 Å². The summed E-state index contributed by atoms with van der Waals surface area (Å²) in [5, 5.41) is 11.4. The Labute approximate surface area is 144 Å². The van der Waals surface area contributed by atoms with Crippen LogP contribution in [0.15, 0.2) is 28.7 Å². The van der Waals surface area contributed by atoms with Crippen molar-refractivity contribution in [3.8, 4) is 11.8 Å². The van der Waals surface area contributed by atoms with Crippen LogP contribution in [0.5, 0.6) is 0 Å². The van der Waals surface area contributed by atoms with Crippen LogP contribution >= 0.6 is 15.9 Å². The van der Waals surface area contributed by atoms with E-state index in [4.69, 9.17) is 9.84 Å². The van der Waals surface area contributed by atoms with Gasteiger partial charge in [0.25, 0.3) is 0 Å². The first-order valence-electron chi connectivity index (χ1n) is 7.14. The van der Waals surface area contributed by atoms with Crippen molar-refractivity contribution in [1.29, 1.82) is 0 Å². The van der Waals surface area contributed by atoms with Crippen LogP contribution in [-0.2, 0) is 9.53 Å². The molecule has 2 N–H and O–H groups in total. The lowest BCUT2D eigenvalue weighted by Crippen LogP contribution is -2.38. The van der Waals surface area contributed by atoms with Crippen molar-refractivity contribution in [3.05, 3.63) is 34.3 Å². The Bertz CT molecular complexity index is 625. The summed E-state index contributed by atoms with van der Waals surface area (Å²) in [6, 6.07) is 6.81. The largest absolute Gasteiger partial charge is 0.481 e. The number of halogens is 1. The predicted octanol–water partition coefficient (Wildman–Crippen LogP) is 3.56. The van der Waals surface area contributed by atoms with Gasteiger partial charge in [0.2, 0.25) is 0 Å². The highest BCUT2D eigenvalue weighted by Crippen LogP contribution is 2.11. The Kier molecular flexibility index (Phi) is 7.11. The van der Waals surface area contributed by atoms with Gasteiger partial charge in [0, 0.05) is 16.5 Å². The summed E-state index contributed by atoms with van der Waals surface area (Å²) < 4.78 is 6.07. The van der Waals surface area contributed by atoms with E-state index in [1.54, 1.807) is 20.8 Å². The van der Waals surface area contributed by atoms with Gasteiger partial charge in [-0.15, -0.1) is 0 Å². The Balaban J connectivity index is 2.80. The maximum Gasteiger partial charge on any atom is 0.408 e. The van der Waals surface area contributed by atoms with Crippen LogP contribution in [0.2, 0.25) is 0 Å². The number of alkyl carbamates (subject to hydrolysis) is 1. The second-order valence-electron chi connectivity index (χ2n) is 5.91. The molecule has 23 heavy (non-hydrogen) atoms. The summed E-state index contributed by atoms with van der Waals surface area (Å²) >= 11 is 3.36. The van der Waals surface area contributed by atoms with Gasteiger partial charge in [-0.05, 0) is 45.4 Å². The number of nitrogens with one attached hydrogen (secondary N) is 1. The fraction of sp³-hybridized carbons (Fsp3) is 0.412. The zero-order valence-corrected chi connectivity index (χ0v) is 14.9. The third-order valence-electron chi connectivity index (χ3n) is 2.55. The third-order valence-corrected chi connectivity index (χ3v) is 3.05. The van der Waals surface area contributed by atoms with E-state index in [9.17, 15) is 9.59 Å². The molecule has 0 bridgehead atoms. The number of carbonyl (C=O) groups is 2. The molecule has 0 spiro atoms. The molecule has 0 aromatic heterocycles. The standard InChI is InChI=1S/C17H20BrNO4/c1-17(2,3)23-16(22)19-14(9-10-15(20)21)8-7-12-5-4-6-13(18)11-12/h4-6,11,14H,9-10H2,1-3H3,(H,19,22)(H,20,21). The normalized spacial score (nSPS) is 11.8. The highest BCUT2D eigenvalue weighted by Gasteiger charge is 2.19.